The third kappa shape index (κ3) is 2.23. The van der Waals surface area contributed by atoms with Gasteiger partial charge in [-0.25, -0.2) is 0 Å². The molecule has 2 aromatic carbocycles. The summed E-state index contributed by atoms with van der Waals surface area (Å²) in [5, 5.41) is 1.11. The number of aryl methyl sites for hydroxylation is 3. The van der Waals surface area contributed by atoms with Crippen LogP contribution in [-0.2, 0) is 0 Å². The highest BCUT2D eigenvalue weighted by Crippen LogP contribution is 2.29. The van der Waals surface area contributed by atoms with E-state index >= 15 is 0 Å². The molecule has 0 spiro atoms. The van der Waals surface area contributed by atoms with Gasteiger partial charge in [-0.3, -0.25) is 0 Å². The normalized spacial score (nSPS) is 12.8. The summed E-state index contributed by atoms with van der Waals surface area (Å²) in [5.41, 5.74) is 12.1. The largest absolute Gasteiger partial charge is 0.459 e. The van der Waals surface area contributed by atoms with Gasteiger partial charge < -0.3 is 10.2 Å². The maximum absolute atomic E-state index is 6.39. The van der Waals surface area contributed by atoms with Crippen molar-refractivity contribution in [2.45, 2.75) is 26.8 Å². The van der Waals surface area contributed by atoms with Crippen LogP contribution in [0.5, 0.6) is 0 Å². The summed E-state index contributed by atoms with van der Waals surface area (Å²) < 4.78 is 5.91. The molecule has 0 aliphatic rings. The van der Waals surface area contributed by atoms with Crippen molar-refractivity contribution in [3.63, 3.8) is 0 Å². The number of furan rings is 1. The van der Waals surface area contributed by atoms with Crippen LogP contribution in [0.1, 0.15) is 34.1 Å². The van der Waals surface area contributed by atoms with Crippen LogP contribution in [0.3, 0.4) is 0 Å². The molecule has 0 radical (unpaired) electrons. The molecule has 0 bridgehead atoms. The van der Waals surface area contributed by atoms with Crippen LogP contribution in [0.15, 0.2) is 46.9 Å². The Kier molecular flexibility index (Phi) is 3.11. The highest BCUT2D eigenvalue weighted by Gasteiger charge is 2.16. The Morgan fingerprint density at radius 3 is 2.40 bits per heavy atom. The molecule has 3 rings (SSSR count). The maximum Gasteiger partial charge on any atom is 0.134 e. The number of fused-ring (bicyclic) bond motifs is 1. The Morgan fingerprint density at radius 1 is 0.900 bits per heavy atom. The molecule has 1 unspecified atom stereocenters. The van der Waals surface area contributed by atoms with Crippen molar-refractivity contribution in [3.05, 3.63) is 70.5 Å². The van der Waals surface area contributed by atoms with E-state index < -0.39 is 0 Å². The standard InChI is InChI=1S/C18H19NO/c1-11-5-7-16-14(8-11)10-17(20-16)18(19)15-9-12(2)4-6-13(15)3/h4-10,18H,19H2,1-3H3. The Bertz CT molecular complexity index is 770. The third-order valence-corrected chi connectivity index (χ3v) is 3.77. The van der Waals surface area contributed by atoms with Crippen molar-refractivity contribution in [2.24, 2.45) is 5.73 Å². The third-order valence-electron chi connectivity index (χ3n) is 3.77. The zero-order valence-corrected chi connectivity index (χ0v) is 12.1. The minimum atomic E-state index is -0.220. The van der Waals surface area contributed by atoms with Gasteiger partial charge in [-0.15, -0.1) is 0 Å². The number of hydrogen-bond acceptors (Lipinski definition) is 2. The highest BCUT2D eigenvalue weighted by atomic mass is 16.3. The monoisotopic (exact) mass is 265 g/mol. The number of hydrogen-bond donors (Lipinski definition) is 1. The van der Waals surface area contributed by atoms with Crippen LogP contribution in [-0.4, -0.2) is 0 Å². The van der Waals surface area contributed by atoms with E-state index in [2.05, 4.69) is 57.2 Å². The van der Waals surface area contributed by atoms with Gasteiger partial charge in [0.1, 0.15) is 11.3 Å². The summed E-state index contributed by atoms with van der Waals surface area (Å²) >= 11 is 0. The topological polar surface area (TPSA) is 39.2 Å². The molecule has 1 atom stereocenters. The van der Waals surface area contributed by atoms with Gasteiger partial charge in [0, 0.05) is 5.39 Å². The first-order valence-corrected chi connectivity index (χ1v) is 6.87. The predicted octanol–water partition coefficient (Wildman–Crippen LogP) is 4.41. The van der Waals surface area contributed by atoms with Crippen molar-refractivity contribution in [1.29, 1.82) is 0 Å². The van der Waals surface area contributed by atoms with Crippen molar-refractivity contribution >= 4 is 11.0 Å². The molecule has 0 aliphatic heterocycles. The van der Waals surface area contributed by atoms with Crippen LogP contribution in [0, 0.1) is 20.8 Å². The second kappa shape index (κ2) is 4.80. The highest BCUT2D eigenvalue weighted by molar-refractivity contribution is 5.79. The Labute approximate surface area is 119 Å². The lowest BCUT2D eigenvalue weighted by atomic mass is 9.98. The molecule has 2 nitrogen and oxygen atoms in total. The van der Waals surface area contributed by atoms with Gasteiger partial charge >= 0.3 is 0 Å². The summed E-state index contributed by atoms with van der Waals surface area (Å²) in [6, 6.07) is 14.4. The van der Waals surface area contributed by atoms with Crippen LogP contribution in [0.4, 0.5) is 0 Å². The summed E-state index contributed by atoms with van der Waals surface area (Å²) in [6.45, 7) is 6.25. The summed E-state index contributed by atoms with van der Waals surface area (Å²) in [4.78, 5) is 0. The van der Waals surface area contributed by atoms with Gasteiger partial charge in [0.05, 0.1) is 6.04 Å². The van der Waals surface area contributed by atoms with E-state index in [1.165, 1.54) is 16.7 Å². The van der Waals surface area contributed by atoms with E-state index in [-0.39, 0.29) is 6.04 Å². The molecule has 0 fully saturated rings. The lowest BCUT2D eigenvalue weighted by molar-refractivity contribution is 0.524. The molecular formula is C18H19NO. The van der Waals surface area contributed by atoms with Gasteiger partial charge in [0.15, 0.2) is 0 Å². The quantitative estimate of drug-likeness (QED) is 0.745. The summed E-state index contributed by atoms with van der Waals surface area (Å²) in [6.07, 6.45) is 0. The molecule has 3 aromatic rings. The lowest BCUT2D eigenvalue weighted by Gasteiger charge is -2.13. The van der Waals surface area contributed by atoms with Crippen LogP contribution in [0.2, 0.25) is 0 Å². The second-order valence-corrected chi connectivity index (χ2v) is 5.53. The molecule has 1 aromatic heterocycles. The molecule has 2 heteroatoms. The van der Waals surface area contributed by atoms with E-state index in [4.69, 9.17) is 10.2 Å². The zero-order valence-electron chi connectivity index (χ0n) is 12.1. The molecule has 0 saturated heterocycles. The van der Waals surface area contributed by atoms with Crippen LogP contribution in [0.25, 0.3) is 11.0 Å². The van der Waals surface area contributed by atoms with Crippen molar-refractivity contribution in [3.8, 4) is 0 Å². The fourth-order valence-electron chi connectivity index (χ4n) is 2.58. The van der Waals surface area contributed by atoms with Crippen molar-refractivity contribution in [2.75, 3.05) is 0 Å². The second-order valence-electron chi connectivity index (χ2n) is 5.53. The molecule has 0 saturated carbocycles. The SMILES string of the molecule is Cc1ccc(C)c(C(N)c2cc3cc(C)ccc3o2)c1. The average Bonchev–Trinajstić information content (AvgIpc) is 2.83. The van der Waals surface area contributed by atoms with E-state index in [9.17, 15) is 0 Å². The minimum absolute atomic E-state index is 0.220. The number of rotatable bonds is 2. The molecular weight excluding hydrogens is 246 g/mol. The van der Waals surface area contributed by atoms with E-state index in [0.29, 0.717) is 0 Å². The maximum atomic E-state index is 6.39. The zero-order chi connectivity index (χ0) is 14.3. The first-order chi connectivity index (χ1) is 9.54. The van der Waals surface area contributed by atoms with Gasteiger partial charge in [0.2, 0.25) is 0 Å². The number of nitrogens with two attached hydrogens (primary N) is 1. The summed E-state index contributed by atoms with van der Waals surface area (Å²) in [7, 11) is 0. The molecule has 1 heterocycles. The fraction of sp³-hybridized carbons (Fsp3) is 0.222. The van der Waals surface area contributed by atoms with Gasteiger partial charge in [-0.1, -0.05) is 35.4 Å². The molecule has 20 heavy (non-hydrogen) atoms. The number of benzene rings is 2. The Balaban J connectivity index is 2.07. The molecule has 2 N–H and O–H groups in total. The molecule has 0 amide bonds. The van der Waals surface area contributed by atoms with E-state index in [1.54, 1.807) is 0 Å². The Morgan fingerprint density at radius 2 is 1.60 bits per heavy atom. The smallest absolute Gasteiger partial charge is 0.134 e. The summed E-state index contributed by atoms with van der Waals surface area (Å²) in [5.74, 6) is 0.819. The van der Waals surface area contributed by atoms with Crippen LogP contribution >= 0.6 is 0 Å². The fourth-order valence-corrected chi connectivity index (χ4v) is 2.58. The lowest BCUT2D eigenvalue weighted by Crippen LogP contribution is -2.12. The predicted molar refractivity (Wildman–Crippen MR) is 82.9 cm³/mol. The van der Waals surface area contributed by atoms with Gasteiger partial charge in [-0.2, -0.15) is 0 Å². The minimum Gasteiger partial charge on any atom is -0.459 e. The average molecular weight is 265 g/mol. The van der Waals surface area contributed by atoms with Gasteiger partial charge in [0.25, 0.3) is 0 Å². The molecule has 102 valence electrons. The Hall–Kier alpha value is -2.06. The first-order valence-electron chi connectivity index (χ1n) is 6.87. The molecule has 0 aliphatic carbocycles. The van der Waals surface area contributed by atoms with Crippen LogP contribution < -0.4 is 5.73 Å². The van der Waals surface area contributed by atoms with Crippen molar-refractivity contribution in [1.82, 2.24) is 0 Å². The van der Waals surface area contributed by atoms with Crippen molar-refractivity contribution < 1.29 is 4.42 Å². The van der Waals surface area contributed by atoms with E-state index in [1.807, 2.05) is 6.07 Å². The van der Waals surface area contributed by atoms with E-state index in [0.717, 1.165) is 22.3 Å². The first kappa shape index (κ1) is 12.9. The van der Waals surface area contributed by atoms with Gasteiger partial charge in [-0.05, 0) is 50.1 Å².